The zero-order chi connectivity index (χ0) is 51.3. The lowest BCUT2D eigenvalue weighted by Crippen LogP contribution is -2.45. The van der Waals surface area contributed by atoms with Gasteiger partial charge in [-0.05, 0) is 83.5 Å². The van der Waals surface area contributed by atoms with Gasteiger partial charge in [-0.3, -0.25) is 13.8 Å². The fourth-order valence-electron chi connectivity index (χ4n) is 8.07. The van der Waals surface area contributed by atoms with E-state index in [-0.39, 0.29) is 19.1 Å². The van der Waals surface area contributed by atoms with Crippen molar-refractivity contribution in [3.05, 3.63) is 85.1 Å². The summed E-state index contributed by atoms with van der Waals surface area (Å²) in [6.07, 6.45) is 72.6. The summed E-state index contributed by atoms with van der Waals surface area (Å²) in [5, 5.41) is 13.9. The molecule has 0 aromatic rings. The van der Waals surface area contributed by atoms with Crippen LogP contribution in [-0.4, -0.2) is 73.4 Å². The molecule has 0 rings (SSSR count). The van der Waals surface area contributed by atoms with Gasteiger partial charge in [0.2, 0.25) is 5.91 Å². The van der Waals surface area contributed by atoms with Crippen molar-refractivity contribution < 1.29 is 32.9 Å². The van der Waals surface area contributed by atoms with Crippen LogP contribution in [-0.2, 0) is 18.4 Å². The highest BCUT2D eigenvalue weighted by Crippen LogP contribution is 2.43. The summed E-state index contributed by atoms with van der Waals surface area (Å²) < 4.78 is 23.7. The molecule has 8 nitrogen and oxygen atoms in total. The number of phosphoric acid groups is 1. The average molecular weight is 1000 g/mol. The molecule has 3 N–H and O–H groups in total. The Hall–Kier alpha value is -2.32. The molecule has 0 spiro atoms. The minimum absolute atomic E-state index is 0.0515. The van der Waals surface area contributed by atoms with Gasteiger partial charge in [0.1, 0.15) is 13.2 Å². The van der Waals surface area contributed by atoms with Crippen molar-refractivity contribution >= 4 is 13.7 Å². The van der Waals surface area contributed by atoms with Gasteiger partial charge in [0.05, 0.1) is 39.9 Å². The number of aliphatic hydroxyl groups excluding tert-OH is 1. The number of rotatable bonds is 52. The number of carbonyl (C=O) groups excluding carboxylic acids is 1. The molecule has 0 aromatic heterocycles. The monoisotopic (exact) mass is 1000 g/mol. The van der Waals surface area contributed by atoms with Crippen molar-refractivity contribution in [2.24, 2.45) is 0 Å². The minimum Gasteiger partial charge on any atom is -0.387 e. The fraction of sp³-hybridized carbons (Fsp3) is 0.754. The predicted octanol–water partition coefficient (Wildman–Crippen LogP) is 17.6. The summed E-state index contributed by atoms with van der Waals surface area (Å²) in [5.74, 6) is -0.191. The van der Waals surface area contributed by atoms with Crippen LogP contribution in [0, 0.1) is 0 Å². The maximum absolute atomic E-state index is 13.0. The molecule has 3 atom stereocenters. The zero-order valence-electron chi connectivity index (χ0n) is 46.2. The smallest absolute Gasteiger partial charge is 0.387 e. The Labute approximate surface area is 433 Å². The van der Waals surface area contributed by atoms with Gasteiger partial charge in [0.25, 0.3) is 0 Å². The first kappa shape index (κ1) is 67.7. The Morgan fingerprint density at radius 1 is 0.500 bits per heavy atom. The van der Waals surface area contributed by atoms with E-state index in [0.29, 0.717) is 17.4 Å². The number of allylic oxidation sites excluding steroid dienone is 13. The molecule has 0 aliphatic carbocycles. The molecule has 0 saturated heterocycles. The van der Waals surface area contributed by atoms with Crippen molar-refractivity contribution in [2.45, 2.75) is 257 Å². The first-order chi connectivity index (χ1) is 34.0. The quantitative estimate of drug-likeness (QED) is 0.0243. The van der Waals surface area contributed by atoms with Crippen LogP contribution < -0.4 is 5.32 Å². The summed E-state index contributed by atoms with van der Waals surface area (Å²) in [6.45, 7) is 4.67. The van der Waals surface area contributed by atoms with Crippen LogP contribution in [0.2, 0.25) is 0 Å². The number of unbranched alkanes of at least 4 members (excludes halogenated alkanes) is 27. The molecule has 0 radical (unpaired) electrons. The second-order valence-corrected chi connectivity index (χ2v) is 22.1. The second-order valence-electron chi connectivity index (χ2n) is 20.6. The highest BCUT2D eigenvalue weighted by atomic mass is 31.2. The average Bonchev–Trinajstić information content (AvgIpc) is 3.32. The normalized spacial score (nSPS) is 14.6. The Balaban J connectivity index is 4.16. The Bertz CT molecular complexity index is 1410. The maximum Gasteiger partial charge on any atom is 0.472 e. The van der Waals surface area contributed by atoms with Gasteiger partial charge in [-0.15, -0.1) is 0 Å². The van der Waals surface area contributed by atoms with E-state index in [1.165, 1.54) is 154 Å². The van der Waals surface area contributed by atoms with E-state index < -0.39 is 20.0 Å². The number of carbonyl (C=O) groups is 1. The fourth-order valence-corrected chi connectivity index (χ4v) is 8.80. The van der Waals surface area contributed by atoms with Gasteiger partial charge in [0, 0.05) is 6.42 Å². The lowest BCUT2D eigenvalue weighted by Gasteiger charge is -2.25. The topological polar surface area (TPSA) is 105 Å². The van der Waals surface area contributed by atoms with Crippen LogP contribution in [0.3, 0.4) is 0 Å². The summed E-state index contributed by atoms with van der Waals surface area (Å²) in [6, 6.07) is -0.873. The number of quaternary nitrogens is 1. The van der Waals surface area contributed by atoms with E-state index in [1.807, 2.05) is 27.2 Å². The third kappa shape index (κ3) is 53.5. The third-order valence-corrected chi connectivity index (χ3v) is 13.6. The number of phosphoric ester groups is 1. The molecule has 0 aromatic carbocycles. The van der Waals surface area contributed by atoms with Gasteiger partial charge in [0.15, 0.2) is 0 Å². The van der Waals surface area contributed by atoms with E-state index in [4.69, 9.17) is 9.05 Å². The number of nitrogens with one attached hydrogen (secondary N) is 1. The second kappa shape index (κ2) is 51.6. The first-order valence-electron chi connectivity index (χ1n) is 29.0. The van der Waals surface area contributed by atoms with Crippen molar-refractivity contribution in [3.8, 4) is 0 Å². The lowest BCUT2D eigenvalue weighted by atomic mass is 10.0. The SMILES string of the molecule is CC/C=C\C/C=C\C/C=C\C/C=C\CCCCCCCCCCCCCCCCCCCCC(=O)NC(COP(=O)(O)OCC[N+](C)(C)C)C(O)/C=C/CC/C=C/CC/C=C/CCCCCCCCC. The standard InChI is InChI=1S/C61H111N2O6P/c1-6-8-10-12-14-16-18-20-22-24-25-26-27-28-29-30-31-32-33-34-35-36-37-39-41-43-45-47-49-51-53-55-61(65)62-59(58-69-70(66,67)68-57-56-63(3,4)5)60(64)54-52-50-48-46-44-42-40-38-23-21-19-17-15-13-11-9-7-2/h8,10,14,16,20,22-23,25-26,38,44,46,52,54,59-60,64H,6-7,9,11-13,15,17-19,21,24,27-37,39-43,45,47-51,53,55-58H2,1-5H3,(H-,62,65,66,67)/p+1/b10-8-,16-14-,22-20-,26-25-,38-23+,46-44+,54-52+. The van der Waals surface area contributed by atoms with Crippen LogP contribution >= 0.6 is 7.82 Å². The van der Waals surface area contributed by atoms with Crippen molar-refractivity contribution in [1.29, 1.82) is 0 Å². The van der Waals surface area contributed by atoms with E-state index >= 15 is 0 Å². The van der Waals surface area contributed by atoms with E-state index in [9.17, 15) is 19.4 Å². The molecule has 0 aliphatic heterocycles. The van der Waals surface area contributed by atoms with Gasteiger partial charge >= 0.3 is 7.82 Å². The number of likely N-dealkylation sites (N-methyl/N-ethyl adjacent to an activating group) is 1. The minimum atomic E-state index is -4.36. The molecular formula is C61H112N2O6P+. The molecule has 0 aliphatic rings. The highest BCUT2D eigenvalue weighted by Gasteiger charge is 2.27. The first-order valence-corrected chi connectivity index (χ1v) is 30.5. The molecule has 0 saturated carbocycles. The van der Waals surface area contributed by atoms with Crippen LogP contribution in [0.4, 0.5) is 0 Å². The number of aliphatic hydroxyl groups is 1. The predicted molar refractivity (Wildman–Crippen MR) is 304 cm³/mol. The molecule has 1 amide bonds. The van der Waals surface area contributed by atoms with E-state index in [2.05, 4.69) is 92.1 Å². The lowest BCUT2D eigenvalue weighted by molar-refractivity contribution is -0.870. The molecule has 406 valence electrons. The summed E-state index contributed by atoms with van der Waals surface area (Å²) in [7, 11) is 1.54. The van der Waals surface area contributed by atoms with Gasteiger partial charge < -0.3 is 19.8 Å². The zero-order valence-corrected chi connectivity index (χ0v) is 47.1. The van der Waals surface area contributed by atoms with Crippen molar-refractivity contribution in [2.75, 3.05) is 40.9 Å². The van der Waals surface area contributed by atoms with Crippen molar-refractivity contribution in [1.82, 2.24) is 5.32 Å². The summed E-state index contributed by atoms with van der Waals surface area (Å²) >= 11 is 0. The molecule has 70 heavy (non-hydrogen) atoms. The number of hydrogen-bond acceptors (Lipinski definition) is 5. The Kier molecular flexibility index (Phi) is 49.9. The van der Waals surface area contributed by atoms with Crippen LogP contribution in [0.1, 0.15) is 245 Å². The van der Waals surface area contributed by atoms with Gasteiger partial charge in [-0.1, -0.05) is 240 Å². The summed E-state index contributed by atoms with van der Waals surface area (Å²) in [4.78, 5) is 23.3. The Morgan fingerprint density at radius 2 is 0.871 bits per heavy atom. The number of amides is 1. The van der Waals surface area contributed by atoms with Gasteiger partial charge in [-0.25, -0.2) is 4.57 Å². The third-order valence-electron chi connectivity index (χ3n) is 12.6. The summed E-state index contributed by atoms with van der Waals surface area (Å²) in [5.41, 5.74) is 0. The maximum atomic E-state index is 13.0. The molecule has 0 fully saturated rings. The van der Waals surface area contributed by atoms with Gasteiger partial charge in [-0.2, -0.15) is 0 Å². The van der Waals surface area contributed by atoms with Crippen LogP contribution in [0.15, 0.2) is 85.1 Å². The van der Waals surface area contributed by atoms with Crippen LogP contribution in [0.5, 0.6) is 0 Å². The number of hydrogen-bond donors (Lipinski definition) is 3. The Morgan fingerprint density at radius 3 is 1.31 bits per heavy atom. The van der Waals surface area contributed by atoms with E-state index in [1.54, 1.807) is 6.08 Å². The van der Waals surface area contributed by atoms with Crippen molar-refractivity contribution in [3.63, 3.8) is 0 Å². The van der Waals surface area contributed by atoms with E-state index in [0.717, 1.165) is 70.6 Å². The highest BCUT2D eigenvalue weighted by molar-refractivity contribution is 7.47. The molecular weight excluding hydrogens is 888 g/mol. The molecule has 0 heterocycles. The number of nitrogens with zero attached hydrogens (tertiary/aromatic N) is 1. The molecule has 0 bridgehead atoms. The molecule has 3 unspecified atom stereocenters. The largest absolute Gasteiger partial charge is 0.472 e. The van der Waals surface area contributed by atoms with Crippen LogP contribution in [0.25, 0.3) is 0 Å². The molecule has 9 heteroatoms.